The topological polar surface area (TPSA) is 29.9 Å². The summed E-state index contributed by atoms with van der Waals surface area (Å²) < 4.78 is 2.01. The first-order valence-corrected chi connectivity index (χ1v) is 6.46. The Labute approximate surface area is 98.2 Å². The molecular formula is C13H23N3. The Morgan fingerprint density at radius 2 is 2.19 bits per heavy atom. The van der Waals surface area contributed by atoms with Crippen molar-refractivity contribution in [2.24, 2.45) is 7.05 Å². The molecule has 0 unspecified atom stereocenters. The zero-order valence-electron chi connectivity index (χ0n) is 10.7. The molecule has 0 spiro atoms. The van der Waals surface area contributed by atoms with Gasteiger partial charge in [0.15, 0.2) is 0 Å². The van der Waals surface area contributed by atoms with E-state index in [9.17, 15) is 0 Å². The third-order valence-corrected chi connectivity index (χ3v) is 4.02. The van der Waals surface area contributed by atoms with Gasteiger partial charge in [-0.05, 0) is 38.2 Å². The van der Waals surface area contributed by atoms with Gasteiger partial charge in [-0.3, -0.25) is 4.68 Å². The molecule has 1 aromatic rings. The van der Waals surface area contributed by atoms with Gasteiger partial charge in [0.05, 0.1) is 11.4 Å². The van der Waals surface area contributed by atoms with Gasteiger partial charge in [-0.2, -0.15) is 5.10 Å². The number of nitrogens with one attached hydrogen (secondary N) is 1. The normalized spacial score (nSPS) is 18.4. The summed E-state index contributed by atoms with van der Waals surface area (Å²) in [4.78, 5) is 0. The Morgan fingerprint density at radius 3 is 2.62 bits per heavy atom. The van der Waals surface area contributed by atoms with Crippen molar-refractivity contribution in [3.05, 3.63) is 17.5 Å². The lowest BCUT2D eigenvalue weighted by Gasteiger charge is -2.42. The lowest BCUT2D eigenvalue weighted by Crippen LogP contribution is -2.50. The number of rotatable bonds is 5. The summed E-state index contributed by atoms with van der Waals surface area (Å²) in [5, 5.41) is 8.19. The van der Waals surface area contributed by atoms with Gasteiger partial charge in [0.1, 0.15) is 0 Å². The van der Waals surface area contributed by atoms with E-state index in [0.29, 0.717) is 5.54 Å². The fraction of sp³-hybridized carbons (Fsp3) is 0.769. The van der Waals surface area contributed by atoms with Crippen molar-refractivity contribution in [2.75, 3.05) is 0 Å². The van der Waals surface area contributed by atoms with Gasteiger partial charge in [-0.1, -0.05) is 13.8 Å². The van der Waals surface area contributed by atoms with Crippen molar-refractivity contribution in [1.82, 2.24) is 15.1 Å². The largest absolute Gasteiger partial charge is 0.306 e. The zero-order chi connectivity index (χ0) is 11.6. The molecule has 1 N–H and O–H groups in total. The van der Waals surface area contributed by atoms with E-state index in [1.807, 2.05) is 11.7 Å². The van der Waals surface area contributed by atoms with Crippen molar-refractivity contribution in [3.8, 4) is 0 Å². The molecule has 90 valence electrons. The smallest absolute Gasteiger partial charge is 0.0625 e. The Bertz CT molecular complexity index is 345. The molecule has 3 nitrogen and oxygen atoms in total. The van der Waals surface area contributed by atoms with Crippen LogP contribution >= 0.6 is 0 Å². The second-order valence-corrected chi connectivity index (χ2v) is 4.95. The highest BCUT2D eigenvalue weighted by Crippen LogP contribution is 2.34. The zero-order valence-corrected chi connectivity index (χ0v) is 10.7. The number of aryl methyl sites for hydroxylation is 2. The Morgan fingerprint density at radius 1 is 1.44 bits per heavy atom. The van der Waals surface area contributed by atoms with Gasteiger partial charge in [-0.15, -0.1) is 0 Å². The highest BCUT2D eigenvalue weighted by molar-refractivity contribution is 5.11. The van der Waals surface area contributed by atoms with E-state index in [4.69, 9.17) is 0 Å². The van der Waals surface area contributed by atoms with Crippen LogP contribution in [0.1, 0.15) is 50.9 Å². The third-order valence-electron chi connectivity index (χ3n) is 4.02. The maximum absolute atomic E-state index is 4.48. The van der Waals surface area contributed by atoms with Crippen LogP contribution in [0.2, 0.25) is 0 Å². The van der Waals surface area contributed by atoms with E-state index in [-0.39, 0.29) is 0 Å². The van der Waals surface area contributed by atoms with Crippen LogP contribution in [0, 0.1) is 0 Å². The van der Waals surface area contributed by atoms with E-state index >= 15 is 0 Å². The molecule has 0 saturated heterocycles. The maximum Gasteiger partial charge on any atom is 0.0625 e. The standard InChI is InChI=1S/C13H23N3/c1-4-11-9-12(16(3)15-11)10-14-13(5-2)7-6-8-13/h9,14H,4-8,10H2,1-3H3. The summed E-state index contributed by atoms with van der Waals surface area (Å²) in [6.07, 6.45) is 6.31. The van der Waals surface area contributed by atoms with Crippen LogP contribution in [-0.4, -0.2) is 15.3 Å². The van der Waals surface area contributed by atoms with Gasteiger partial charge in [0.25, 0.3) is 0 Å². The van der Waals surface area contributed by atoms with Crippen LogP contribution in [0.5, 0.6) is 0 Å². The second kappa shape index (κ2) is 4.58. The molecule has 1 heterocycles. The average Bonchev–Trinajstić information content (AvgIpc) is 2.59. The minimum atomic E-state index is 0.427. The quantitative estimate of drug-likeness (QED) is 0.827. The number of aromatic nitrogens is 2. The summed E-state index contributed by atoms with van der Waals surface area (Å²) in [6.45, 7) is 5.39. The van der Waals surface area contributed by atoms with Crippen LogP contribution in [0.25, 0.3) is 0 Å². The molecule has 2 rings (SSSR count). The van der Waals surface area contributed by atoms with Crippen LogP contribution in [0.3, 0.4) is 0 Å². The van der Waals surface area contributed by atoms with Crippen LogP contribution in [0.4, 0.5) is 0 Å². The van der Waals surface area contributed by atoms with Gasteiger partial charge in [0.2, 0.25) is 0 Å². The fourth-order valence-corrected chi connectivity index (χ4v) is 2.45. The van der Waals surface area contributed by atoms with Crippen molar-refractivity contribution >= 4 is 0 Å². The molecule has 0 aromatic carbocycles. The monoisotopic (exact) mass is 221 g/mol. The lowest BCUT2D eigenvalue weighted by atomic mass is 9.75. The molecule has 0 aliphatic heterocycles. The molecule has 1 aliphatic rings. The molecule has 0 amide bonds. The summed E-state index contributed by atoms with van der Waals surface area (Å²) in [7, 11) is 2.04. The first-order chi connectivity index (χ1) is 7.69. The molecule has 1 aliphatic carbocycles. The minimum Gasteiger partial charge on any atom is -0.306 e. The second-order valence-electron chi connectivity index (χ2n) is 4.95. The van der Waals surface area contributed by atoms with Crippen molar-refractivity contribution in [3.63, 3.8) is 0 Å². The number of hydrogen-bond acceptors (Lipinski definition) is 2. The summed E-state index contributed by atoms with van der Waals surface area (Å²) in [6, 6.07) is 2.22. The predicted octanol–water partition coefficient (Wildman–Crippen LogP) is 2.40. The van der Waals surface area contributed by atoms with Crippen LogP contribution < -0.4 is 5.32 Å². The van der Waals surface area contributed by atoms with Gasteiger partial charge >= 0.3 is 0 Å². The minimum absolute atomic E-state index is 0.427. The Hall–Kier alpha value is -0.830. The average molecular weight is 221 g/mol. The summed E-state index contributed by atoms with van der Waals surface area (Å²) in [5.41, 5.74) is 2.92. The van der Waals surface area contributed by atoms with E-state index in [1.54, 1.807) is 0 Å². The van der Waals surface area contributed by atoms with Crippen molar-refractivity contribution in [1.29, 1.82) is 0 Å². The van der Waals surface area contributed by atoms with Gasteiger partial charge < -0.3 is 5.32 Å². The molecule has 0 bridgehead atoms. The molecule has 16 heavy (non-hydrogen) atoms. The first kappa shape index (κ1) is 11.6. The maximum atomic E-state index is 4.48. The summed E-state index contributed by atoms with van der Waals surface area (Å²) in [5.74, 6) is 0. The molecule has 1 saturated carbocycles. The number of hydrogen-bond donors (Lipinski definition) is 1. The predicted molar refractivity (Wildman–Crippen MR) is 66.3 cm³/mol. The van der Waals surface area contributed by atoms with E-state index < -0.39 is 0 Å². The van der Waals surface area contributed by atoms with Crippen molar-refractivity contribution < 1.29 is 0 Å². The lowest BCUT2D eigenvalue weighted by molar-refractivity contribution is 0.174. The first-order valence-electron chi connectivity index (χ1n) is 6.46. The SMILES string of the molecule is CCc1cc(CNC2(CC)CCC2)n(C)n1. The van der Waals surface area contributed by atoms with E-state index in [2.05, 4.69) is 30.3 Å². The van der Waals surface area contributed by atoms with E-state index in [0.717, 1.165) is 13.0 Å². The van der Waals surface area contributed by atoms with Crippen LogP contribution in [0.15, 0.2) is 6.07 Å². The highest BCUT2D eigenvalue weighted by Gasteiger charge is 2.34. The molecule has 1 fully saturated rings. The van der Waals surface area contributed by atoms with Gasteiger partial charge in [-0.25, -0.2) is 0 Å². The fourth-order valence-electron chi connectivity index (χ4n) is 2.45. The van der Waals surface area contributed by atoms with Crippen molar-refractivity contribution in [2.45, 2.75) is 58.0 Å². The summed E-state index contributed by atoms with van der Waals surface area (Å²) >= 11 is 0. The van der Waals surface area contributed by atoms with Gasteiger partial charge in [0, 0.05) is 19.1 Å². The molecule has 3 heteroatoms. The van der Waals surface area contributed by atoms with Crippen LogP contribution in [-0.2, 0) is 20.0 Å². The molecule has 0 atom stereocenters. The Balaban J connectivity index is 1.96. The highest BCUT2D eigenvalue weighted by atomic mass is 15.3. The number of nitrogens with zero attached hydrogens (tertiary/aromatic N) is 2. The molecule has 1 aromatic heterocycles. The molecular weight excluding hydrogens is 198 g/mol. The Kier molecular flexibility index (Phi) is 3.33. The van der Waals surface area contributed by atoms with E-state index in [1.165, 1.54) is 37.1 Å². The third kappa shape index (κ3) is 2.14. The molecule has 0 radical (unpaired) electrons.